The van der Waals surface area contributed by atoms with Crippen molar-refractivity contribution >= 4 is 82.5 Å². The molecule has 0 unspecified atom stereocenters. The topological polar surface area (TPSA) is 29.5 Å². The molecule has 0 N–H and O–H groups in total. The van der Waals surface area contributed by atoms with E-state index >= 15 is 0 Å². The third-order valence-corrected chi connectivity index (χ3v) is 8.23. The van der Waals surface area contributed by atoms with Gasteiger partial charge in [0.25, 0.3) is 0 Å². The number of para-hydroxylation sites is 3. The van der Waals surface area contributed by atoms with Crippen LogP contribution in [0.2, 0.25) is 0 Å². The van der Waals surface area contributed by atoms with Gasteiger partial charge in [-0.15, -0.1) is 0 Å². The van der Waals surface area contributed by atoms with E-state index in [4.69, 9.17) is 8.83 Å². The van der Waals surface area contributed by atoms with Crippen molar-refractivity contribution in [1.29, 1.82) is 0 Å². The second-order valence-electron chi connectivity index (χ2n) is 10.5. The van der Waals surface area contributed by atoms with Gasteiger partial charge in [-0.05, 0) is 41.1 Å². The predicted molar refractivity (Wildman–Crippen MR) is 171 cm³/mol. The van der Waals surface area contributed by atoms with E-state index < -0.39 is 0 Å². The highest BCUT2D eigenvalue weighted by Crippen LogP contribution is 2.47. The van der Waals surface area contributed by atoms with Crippen molar-refractivity contribution in [3.05, 3.63) is 140 Å². The molecule has 0 atom stereocenters. The first-order valence-corrected chi connectivity index (χ1v) is 13.9. The van der Waals surface area contributed by atoms with Crippen LogP contribution in [0, 0.1) is 0 Å². The molecule has 0 saturated carbocycles. The lowest BCUT2D eigenvalue weighted by Gasteiger charge is -2.27. The van der Waals surface area contributed by atoms with Crippen LogP contribution in [0.25, 0.3) is 65.4 Å². The van der Waals surface area contributed by atoms with Gasteiger partial charge in [0.15, 0.2) is 5.58 Å². The Labute approximate surface area is 235 Å². The van der Waals surface area contributed by atoms with Crippen molar-refractivity contribution in [2.75, 3.05) is 4.90 Å². The monoisotopic (exact) mass is 525 g/mol. The Morgan fingerprint density at radius 2 is 1.07 bits per heavy atom. The molecule has 192 valence electrons. The number of hydrogen-bond donors (Lipinski definition) is 0. The summed E-state index contributed by atoms with van der Waals surface area (Å²) in [6.45, 7) is 0. The molecule has 2 aromatic heterocycles. The van der Waals surface area contributed by atoms with E-state index in [0.29, 0.717) is 0 Å². The first-order valence-electron chi connectivity index (χ1n) is 13.9. The lowest BCUT2D eigenvalue weighted by molar-refractivity contribution is 0.668. The molecule has 9 aromatic rings. The number of nitrogens with zero attached hydrogens (tertiary/aromatic N) is 1. The van der Waals surface area contributed by atoms with Crippen molar-refractivity contribution < 1.29 is 8.83 Å². The van der Waals surface area contributed by atoms with Crippen molar-refractivity contribution in [3.63, 3.8) is 0 Å². The van der Waals surface area contributed by atoms with E-state index in [1.54, 1.807) is 0 Å². The summed E-state index contributed by atoms with van der Waals surface area (Å²) in [4.78, 5) is 2.30. The molecule has 0 aliphatic rings. The molecule has 0 saturated heterocycles. The molecule has 0 aliphatic heterocycles. The Bertz CT molecular complexity index is 2430. The van der Waals surface area contributed by atoms with Crippen LogP contribution in [-0.2, 0) is 0 Å². The molecule has 9 rings (SSSR count). The number of hydrogen-bond acceptors (Lipinski definition) is 3. The normalized spacial score (nSPS) is 11.9. The quantitative estimate of drug-likeness (QED) is 0.230. The maximum Gasteiger partial charge on any atom is 0.159 e. The summed E-state index contributed by atoms with van der Waals surface area (Å²) in [5.41, 5.74) is 6.59. The van der Waals surface area contributed by atoms with Gasteiger partial charge in [0.2, 0.25) is 0 Å². The van der Waals surface area contributed by atoms with Crippen molar-refractivity contribution in [2.24, 2.45) is 0 Å². The summed E-state index contributed by atoms with van der Waals surface area (Å²) < 4.78 is 13.3. The molecule has 7 aromatic carbocycles. The molecule has 0 bridgehead atoms. The molecule has 41 heavy (non-hydrogen) atoms. The molecule has 2 heterocycles. The Hall–Kier alpha value is -5.54. The Balaban J connectivity index is 1.42. The summed E-state index contributed by atoms with van der Waals surface area (Å²) in [7, 11) is 0. The highest BCUT2D eigenvalue weighted by molar-refractivity contribution is 6.26. The summed E-state index contributed by atoms with van der Waals surface area (Å²) in [5.74, 6) is 0. The molecular weight excluding hydrogens is 502 g/mol. The highest BCUT2D eigenvalue weighted by Gasteiger charge is 2.23. The molecule has 0 amide bonds. The van der Waals surface area contributed by atoms with Gasteiger partial charge in [-0.25, -0.2) is 0 Å². The van der Waals surface area contributed by atoms with Gasteiger partial charge >= 0.3 is 0 Å². The second-order valence-corrected chi connectivity index (χ2v) is 10.5. The van der Waals surface area contributed by atoms with Crippen molar-refractivity contribution in [3.8, 4) is 0 Å². The zero-order valence-corrected chi connectivity index (χ0v) is 22.0. The number of fused-ring (bicyclic) bond motifs is 10. The molecule has 3 heteroatoms. The molecule has 3 nitrogen and oxygen atoms in total. The number of anilines is 3. The number of furan rings is 2. The Kier molecular flexibility index (Phi) is 4.61. The summed E-state index contributed by atoms with van der Waals surface area (Å²) in [6.07, 6.45) is 0. The number of benzene rings is 7. The minimum Gasteiger partial charge on any atom is -0.455 e. The summed E-state index contributed by atoms with van der Waals surface area (Å²) in [5, 5.41) is 9.08. The van der Waals surface area contributed by atoms with Crippen LogP contribution in [0.1, 0.15) is 0 Å². The lowest BCUT2D eigenvalue weighted by Crippen LogP contribution is -2.10. The lowest BCUT2D eigenvalue weighted by atomic mass is 9.99. The van der Waals surface area contributed by atoms with Gasteiger partial charge in [0.1, 0.15) is 16.7 Å². The SMILES string of the molecule is c1ccc(N(c2cc3oc4c5ccccc5ccc4c3c3ccccc23)c2cccc3c2oc2ccccc23)cc1. The smallest absolute Gasteiger partial charge is 0.159 e. The first kappa shape index (κ1) is 22.3. The van der Waals surface area contributed by atoms with Gasteiger partial charge in [-0.2, -0.15) is 0 Å². The molecule has 0 radical (unpaired) electrons. The predicted octanol–water partition coefficient (Wildman–Crippen LogP) is 11.3. The zero-order valence-electron chi connectivity index (χ0n) is 22.0. The van der Waals surface area contributed by atoms with Crippen LogP contribution in [0.3, 0.4) is 0 Å². The largest absolute Gasteiger partial charge is 0.455 e. The Morgan fingerprint density at radius 3 is 1.95 bits per heavy atom. The van der Waals surface area contributed by atoms with Crippen LogP contribution in [0.4, 0.5) is 17.1 Å². The maximum absolute atomic E-state index is 6.72. The first-order chi connectivity index (χ1) is 20.3. The average Bonchev–Trinajstić information content (AvgIpc) is 3.61. The molecular formula is C38H23NO2. The van der Waals surface area contributed by atoms with Gasteiger partial charge in [-0.3, -0.25) is 0 Å². The molecule has 0 spiro atoms. The Morgan fingerprint density at radius 1 is 0.390 bits per heavy atom. The third-order valence-electron chi connectivity index (χ3n) is 8.23. The zero-order chi connectivity index (χ0) is 26.9. The summed E-state index contributed by atoms with van der Waals surface area (Å²) in [6, 6.07) is 48.8. The minimum absolute atomic E-state index is 0.859. The molecule has 0 fully saturated rings. The van der Waals surface area contributed by atoms with E-state index in [2.05, 4.69) is 132 Å². The number of rotatable bonds is 3. The van der Waals surface area contributed by atoms with Crippen molar-refractivity contribution in [2.45, 2.75) is 0 Å². The van der Waals surface area contributed by atoms with Crippen molar-refractivity contribution in [1.82, 2.24) is 0 Å². The van der Waals surface area contributed by atoms with Crippen LogP contribution < -0.4 is 4.90 Å². The standard InChI is InChI=1S/C38H23NO2/c1-2-12-25(13-3-1)39(32-19-10-18-30-28-16-8-9-20-34(28)40-38(30)32)33-23-35-36(29-17-7-6-15-27(29)33)31-22-21-24-11-4-5-14-26(24)37(31)41-35/h1-23H. The van der Waals surface area contributed by atoms with Gasteiger partial charge < -0.3 is 13.7 Å². The van der Waals surface area contributed by atoms with E-state index in [1.165, 1.54) is 5.39 Å². The van der Waals surface area contributed by atoms with E-state index in [1.807, 2.05) is 12.1 Å². The average molecular weight is 526 g/mol. The van der Waals surface area contributed by atoms with Crippen LogP contribution >= 0.6 is 0 Å². The van der Waals surface area contributed by atoms with Crippen LogP contribution in [0.5, 0.6) is 0 Å². The van der Waals surface area contributed by atoms with Gasteiger partial charge in [-0.1, -0.05) is 103 Å². The summed E-state index contributed by atoms with van der Waals surface area (Å²) >= 11 is 0. The van der Waals surface area contributed by atoms with Gasteiger partial charge in [0.05, 0.1) is 11.4 Å². The van der Waals surface area contributed by atoms with Crippen LogP contribution in [-0.4, -0.2) is 0 Å². The minimum atomic E-state index is 0.859. The fourth-order valence-corrected chi connectivity index (χ4v) is 6.43. The molecule has 0 aliphatic carbocycles. The van der Waals surface area contributed by atoms with E-state index in [9.17, 15) is 0 Å². The van der Waals surface area contributed by atoms with Crippen LogP contribution in [0.15, 0.2) is 148 Å². The fourth-order valence-electron chi connectivity index (χ4n) is 6.43. The van der Waals surface area contributed by atoms with E-state index in [0.717, 1.165) is 77.1 Å². The maximum atomic E-state index is 6.72. The highest BCUT2D eigenvalue weighted by atomic mass is 16.3. The van der Waals surface area contributed by atoms with E-state index in [-0.39, 0.29) is 0 Å². The fraction of sp³-hybridized carbons (Fsp3) is 0. The second kappa shape index (κ2) is 8.48. The third kappa shape index (κ3) is 3.20. The van der Waals surface area contributed by atoms with Gasteiger partial charge in [0, 0.05) is 44.1 Å².